The van der Waals surface area contributed by atoms with E-state index in [0.717, 1.165) is 5.56 Å². The molecule has 0 fully saturated rings. The number of hydrogen-bond acceptors (Lipinski definition) is 4. The fourth-order valence-corrected chi connectivity index (χ4v) is 1.62. The minimum absolute atomic E-state index is 0.253. The second kappa shape index (κ2) is 5.55. The molecule has 2 aromatic rings. The van der Waals surface area contributed by atoms with Crippen LogP contribution in [0.5, 0.6) is 5.88 Å². The number of ether oxygens (including phenoxy) is 1. The molecule has 0 aliphatic heterocycles. The molecule has 4 nitrogen and oxygen atoms in total. The summed E-state index contributed by atoms with van der Waals surface area (Å²) in [7, 11) is 1.53. The Hall–Kier alpha value is -2.01. The molecule has 0 amide bonds. The quantitative estimate of drug-likeness (QED) is 0.895. The van der Waals surface area contributed by atoms with Crippen LogP contribution in [0.25, 0.3) is 0 Å². The van der Waals surface area contributed by atoms with Gasteiger partial charge in [0.25, 0.3) is 0 Å². The molecular weight excluding hydrogens is 233 g/mol. The lowest BCUT2D eigenvalue weighted by Crippen LogP contribution is -2.15. The topological polar surface area (TPSA) is 61.0 Å². The molecule has 0 radical (unpaired) electrons. The van der Waals surface area contributed by atoms with Gasteiger partial charge in [-0.3, -0.25) is 0 Å². The molecule has 94 valence electrons. The molecular formula is C13H14FN3O. The van der Waals surface area contributed by atoms with Crippen LogP contribution in [0.4, 0.5) is 4.39 Å². The van der Waals surface area contributed by atoms with Crippen molar-refractivity contribution in [1.82, 2.24) is 10.2 Å². The fraction of sp³-hybridized carbons (Fsp3) is 0.231. The molecule has 1 atom stereocenters. The van der Waals surface area contributed by atoms with Crippen molar-refractivity contribution in [2.75, 3.05) is 7.11 Å². The molecule has 1 heterocycles. The normalized spacial score (nSPS) is 12.2. The number of methoxy groups -OCH3 is 1. The number of halogens is 1. The maximum absolute atomic E-state index is 12.8. The van der Waals surface area contributed by atoms with Crippen molar-refractivity contribution >= 4 is 0 Å². The van der Waals surface area contributed by atoms with E-state index in [1.807, 2.05) is 0 Å². The Morgan fingerprint density at radius 3 is 2.44 bits per heavy atom. The number of aromatic nitrogens is 2. The van der Waals surface area contributed by atoms with Crippen LogP contribution in [0.15, 0.2) is 36.4 Å². The summed E-state index contributed by atoms with van der Waals surface area (Å²) in [6, 6.07) is 9.49. The van der Waals surface area contributed by atoms with Crippen molar-refractivity contribution in [1.29, 1.82) is 0 Å². The maximum atomic E-state index is 12.8. The summed E-state index contributed by atoms with van der Waals surface area (Å²) in [4.78, 5) is 0. The Morgan fingerprint density at radius 2 is 1.89 bits per heavy atom. The lowest BCUT2D eigenvalue weighted by Gasteiger charge is -2.10. The minimum atomic E-state index is -0.270. The number of rotatable bonds is 4. The molecule has 2 N–H and O–H groups in total. The highest BCUT2D eigenvalue weighted by molar-refractivity contribution is 5.20. The zero-order valence-corrected chi connectivity index (χ0v) is 10.0. The summed E-state index contributed by atoms with van der Waals surface area (Å²) in [6.07, 6.45) is 0.585. The molecule has 0 saturated carbocycles. The molecule has 2 rings (SSSR count). The molecule has 0 aliphatic carbocycles. The highest BCUT2D eigenvalue weighted by Gasteiger charge is 2.09. The average Bonchev–Trinajstić information content (AvgIpc) is 2.41. The first kappa shape index (κ1) is 12.4. The molecule has 1 aromatic heterocycles. The van der Waals surface area contributed by atoms with Crippen LogP contribution < -0.4 is 10.5 Å². The second-order valence-corrected chi connectivity index (χ2v) is 3.94. The van der Waals surface area contributed by atoms with Crippen LogP contribution in [0.3, 0.4) is 0 Å². The van der Waals surface area contributed by atoms with Gasteiger partial charge in [0, 0.05) is 6.07 Å². The van der Waals surface area contributed by atoms with Crippen molar-refractivity contribution in [3.63, 3.8) is 0 Å². The van der Waals surface area contributed by atoms with Crippen LogP contribution in [0, 0.1) is 5.82 Å². The highest BCUT2D eigenvalue weighted by atomic mass is 19.1. The SMILES string of the molecule is COc1ccc(C(N)Cc2ccc(F)cc2)nn1. The van der Waals surface area contributed by atoms with E-state index in [1.165, 1.54) is 19.2 Å². The third-order valence-electron chi connectivity index (χ3n) is 2.62. The van der Waals surface area contributed by atoms with Crippen molar-refractivity contribution in [3.05, 3.63) is 53.5 Å². The Bertz CT molecular complexity index is 499. The third kappa shape index (κ3) is 3.01. The summed E-state index contributed by atoms with van der Waals surface area (Å²) < 4.78 is 17.7. The molecule has 0 spiro atoms. The van der Waals surface area contributed by atoms with Crippen LogP contribution in [0.2, 0.25) is 0 Å². The summed E-state index contributed by atoms with van der Waals surface area (Å²) in [5, 5.41) is 7.85. The van der Waals surface area contributed by atoms with E-state index in [0.29, 0.717) is 18.0 Å². The molecule has 5 heteroatoms. The molecule has 1 aromatic carbocycles. The van der Waals surface area contributed by atoms with Gasteiger partial charge in [-0.1, -0.05) is 12.1 Å². The fourth-order valence-electron chi connectivity index (χ4n) is 1.62. The minimum Gasteiger partial charge on any atom is -0.480 e. The highest BCUT2D eigenvalue weighted by Crippen LogP contribution is 2.15. The van der Waals surface area contributed by atoms with Gasteiger partial charge >= 0.3 is 0 Å². The van der Waals surface area contributed by atoms with Gasteiger partial charge in [0.2, 0.25) is 5.88 Å². The summed E-state index contributed by atoms with van der Waals surface area (Å²) in [6.45, 7) is 0. The zero-order valence-electron chi connectivity index (χ0n) is 10.0. The van der Waals surface area contributed by atoms with Gasteiger partial charge in [-0.25, -0.2) is 4.39 Å². The second-order valence-electron chi connectivity index (χ2n) is 3.94. The Morgan fingerprint density at radius 1 is 1.17 bits per heavy atom. The largest absolute Gasteiger partial charge is 0.480 e. The molecule has 1 unspecified atom stereocenters. The third-order valence-corrected chi connectivity index (χ3v) is 2.62. The van der Waals surface area contributed by atoms with Crippen molar-refractivity contribution in [3.8, 4) is 5.88 Å². The number of hydrogen-bond donors (Lipinski definition) is 1. The van der Waals surface area contributed by atoms with Gasteiger partial charge < -0.3 is 10.5 Å². The van der Waals surface area contributed by atoms with Crippen molar-refractivity contribution in [2.24, 2.45) is 5.73 Å². The number of nitrogens with two attached hydrogens (primary N) is 1. The first-order valence-electron chi connectivity index (χ1n) is 5.56. The van der Waals surface area contributed by atoms with E-state index in [1.54, 1.807) is 24.3 Å². The number of nitrogens with zero attached hydrogens (tertiary/aromatic N) is 2. The van der Waals surface area contributed by atoms with Crippen molar-refractivity contribution < 1.29 is 9.13 Å². The molecule has 0 bridgehead atoms. The monoisotopic (exact) mass is 247 g/mol. The molecule has 0 aliphatic rings. The van der Waals surface area contributed by atoms with Gasteiger partial charge in [0.05, 0.1) is 18.8 Å². The average molecular weight is 247 g/mol. The van der Waals surface area contributed by atoms with E-state index >= 15 is 0 Å². The van der Waals surface area contributed by atoms with Gasteiger partial charge in [-0.2, -0.15) is 5.10 Å². The zero-order chi connectivity index (χ0) is 13.0. The standard InChI is InChI=1S/C13H14FN3O/c1-18-13-7-6-12(16-17-13)11(15)8-9-2-4-10(14)5-3-9/h2-7,11H,8,15H2,1H3. The van der Waals surface area contributed by atoms with Gasteiger partial charge in [0.1, 0.15) is 5.82 Å². The summed E-state index contributed by atoms with van der Waals surface area (Å²) >= 11 is 0. The van der Waals surface area contributed by atoms with Gasteiger partial charge in [-0.05, 0) is 30.2 Å². The van der Waals surface area contributed by atoms with Crippen LogP contribution in [-0.2, 0) is 6.42 Å². The van der Waals surface area contributed by atoms with Crippen LogP contribution in [0.1, 0.15) is 17.3 Å². The predicted octanol–water partition coefficient (Wildman–Crippen LogP) is 1.87. The lowest BCUT2D eigenvalue weighted by molar-refractivity contribution is 0.390. The van der Waals surface area contributed by atoms with Crippen LogP contribution >= 0.6 is 0 Å². The van der Waals surface area contributed by atoms with Crippen molar-refractivity contribution in [2.45, 2.75) is 12.5 Å². The Labute approximate surface area is 105 Å². The molecule has 18 heavy (non-hydrogen) atoms. The maximum Gasteiger partial charge on any atom is 0.233 e. The summed E-state index contributed by atoms with van der Waals surface area (Å²) in [5.41, 5.74) is 7.66. The van der Waals surface area contributed by atoms with E-state index < -0.39 is 0 Å². The lowest BCUT2D eigenvalue weighted by atomic mass is 10.0. The Balaban J connectivity index is 2.06. The van der Waals surface area contributed by atoms with Crippen LogP contribution in [-0.4, -0.2) is 17.3 Å². The predicted molar refractivity (Wildman–Crippen MR) is 65.6 cm³/mol. The van der Waals surface area contributed by atoms with E-state index in [-0.39, 0.29) is 11.9 Å². The number of benzene rings is 1. The van der Waals surface area contributed by atoms with Gasteiger partial charge in [-0.15, -0.1) is 5.10 Å². The van der Waals surface area contributed by atoms with E-state index in [2.05, 4.69) is 10.2 Å². The van der Waals surface area contributed by atoms with Gasteiger partial charge in [0.15, 0.2) is 0 Å². The van der Waals surface area contributed by atoms with E-state index in [9.17, 15) is 4.39 Å². The Kier molecular flexibility index (Phi) is 3.84. The first-order chi connectivity index (χ1) is 8.69. The smallest absolute Gasteiger partial charge is 0.233 e. The molecule has 0 saturated heterocycles. The first-order valence-corrected chi connectivity index (χ1v) is 5.56. The summed E-state index contributed by atoms with van der Waals surface area (Å²) in [5.74, 6) is 0.198. The van der Waals surface area contributed by atoms with E-state index in [4.69, 9.17) is 10.5 Å².